The van der Waals surface area contributed by atoms with Crippen molar-refractivity contribution in [3.05, 3.63) is 28.8 Å². The molecule has 3 aliphatic heterocycles. The van der Waals surface area contributed by atoms with Gasteiger partial charge in [-0.3, -0.25) is 14.5 Å². The Labute approximate surface area is 174 Å². The van der Waals surface area contributed by atoms with E-state index in [4.69, 9.17) is 16.4 Å². The third-order valence-electron chi connectivity index (χ3n) is 5.69. The summed E-state index contributed by atoms with van der Waals surface area (Å²) in [7, 11) is 0. The molecule has 0 spiro atoms. The summed E-state index contributed by atoms with van der Waals surface area (Å²) in [4.78, 5) is 46.7. The van der Waals surface area contributed by atoms with Crippen molar-refractivity contribution in [3.8, 4) is 0 Å². The molecule has 0 aliphatic carbocycles. The Morgan fingerprint density at radius 2 is 1.62 bits per heavy atom. The van der Waals surface area contributed by atoms with E-state index in [2.05, 4.69) is 15.9 Å². The van der Waals surface area contributed by atoms with Gasteiger partial charge in [0.1, 0.15) is 0 Å². The van der Waals surface area contributed by atoms with Crippen molar-refractivity contribution < 1.29 is 19.2 Å². The second kappa shape index (κ2) is 8.59. The van der Waals surface area contributed by atoms with Crippen LogP contribution in [0.4, 0.5) is 10.5 Å². The zero-order chi connectivity index (χ0) is 20.4. The molecule has 3 amide bonds. The van der Waals surface area contributed by atoms with Crippen LogP contribution in [0.3, 0.4) is 0 Å². The molecule has 3 aliphatic rings. The van der Waals surface area contributed by atoms with Crippen molar-refractivity contribution in [2.24, 2.45) is 0 Å². The van der Waals surface area contributed by atoms with Crippen molar-refractivity contribution in [1.29, 1.82) is 0 Å². The van der Waals surface area contributed by atoms with E-state index in [1.807, 2.05) is 12.1 Å². The molecule has 3 saturated heterocycles. The zero-order valence-electron chi connectivity index (χ0n) is 16.3. The van der Waals surface area contributed by atoms with E-state index in [1.54, 1.807) is 0 Å². The van der Waals surface area contributed by atoms with Gasteiger partial charge in [-0.05, 0) is 24.5 Å². The Morgan fingerprint density at radius 3 is 2.28 bits per heavy atom. The Morgan fingerprint density at radius 1 is 0.966 bits per heavy atom. The molecule has 0 saturated carbocycles. The molecule has 0 atom stereocenters. The predicted octanol–water partition coefficient (Wildman–Crippen LogP) is 2.26. The molecule has 0 aromatic heterocycles. The Bertz CT molecular complexity index is 788. The van der Waals surface area contributed by atoms with Crippen LogP contribution in [-0.2, 0) is 21.0 Å². The largest absolute Gasteiger partial charge is 0.434 e. The molecule has 9 heteroatoms. The number of carbonyl (C=O) groups is 3. The summed E-state index contributed by atoms with van der Waals surface area (Å²) in [6.45, 7) is 5.15. The Hall–Kier alpha value is -2.32. The van der Waals surface area contributed by atoms with E-state index in [9.17, 15) is 14.4 Å². The van der Waals surface area contributed by atoms with Crippen LogP contribution in [0, 0.1) is 0 Å². The van der Waals surface area contributed by atoms with Crippen LogP contribution in [0.1, 0.15) is 31.2 Å². The third kappa shape index (κ3) is 4.33. The van der Waals surface area contributed by atoms with Crippen LogP contribution in [0.15, 0.2) is 18.2 Å². The van der Waals surface area contributed by atoms with Gasteiger partial charge in [0.15, 0.2) is 0 Å². The summed E-state index contributed by atoms with van der Waals surface area (Å²) < 4.78 is 0. The Kier molecular flexibility index (Phi) is 5.91. The maximum atomic E-state index is 12.3. The molecule has 0 N–H and O–H groups in total. The highest BCUT2D eigenvalue weighted by Crippen LogP contribution is 2.33. The first-order chi connectivity index (χ1) is 14.0. The van der Waals surface area contributed by atoms with Crippen LogP contribution in [0.5, 0.6) is 0 Å². The molecule has 3 heterocycles. The minimum atomic E-state index is -0.645. The topological polar surface area (TPSA) is 73.4 Å². The molecule has 1 aromatic carbocycles. The number of para-hydroxylation sites is 1. The molecule has 1 aromatic rings. The van der Waals surface area contributed by atoms with E-state index in [0.29, 0.717) is 31.2 Å². The van der Waals surface area contributed by atoms with Gasteiger partial charge >= 0.3 is 6.09 Å². The molecule has 4 rings (SSSR count). The highest BCUT2D eigenvalue weighted by Gasteiger charge is 2.35. The van der Waals surface area contributed by atoms with Crippen LogP contribution in [0.25, 0.3) is 0 Å². The molecule has 0 radical (unpaired) electrons. The van der Waals surface area contributed by atoms with Crippen LogP contribution < -0.4 is 4.90 Å². The lowest BCUT2D eigenvalue weighted by Gasteiger charge is -2.35. The number of benzene rings is 1. The smallest absolute Gasteiger partial charge is 0.370 e. The fourth-order valence-corrected chi connectivity index (χ4v) is 4.42. The number of piperazine rings is 1. The van der Waals surface area contributed by atoms with Gasteiger partial charge < -0.3 is 14.6 Å². The van der Waals surface area contributed by atoms with Crippen molar-refractivity contribution in [2.45, 2.75) is 32.2 Å². The van der Waals surface area contributed by atoms with E-state index >= 15 is 0 Å². The zero-order valence-corrected chi connectivity index (χ0v) is 17.1. The number of anilines is 1. The average Bonchev–Trinajstić information content (AvgIpc) is 3.34. The van der Waals surface area contributed by atoms with Crippen LogP contribution >= 0.6 is 11.6 Å². The molecule has 8 nitrogen and oxygen atoms in total. The van der Waals surface area contributed by atoms with Crippen molar-refractivity contribution in [3.63, 3.8) is 0 Å². The fourth-order valence-electron chi connectivity index (χ4n) is 4.11. The highest BCUT2D eigenvalue weighted by molar-refractivity contribution is 6.33. The number of carbonyl (C=O) groups excluding carboxylic acids is 3. The first kappa shape index (κ1) is 20.0. The number of nitrogens with zero attached hydrogens (tertiary/aromatic N) is 4. The highest BCUT2D eigenvalue weighted by atomic mass is 35.5. The minimum Gasteiger partial charge on any atom is -0.370 e. The monoisotopic (exact) mass is 420 g/mol. The summed E-state index contributed by atoms with van der Waals surface area (Å²) in [6.07, 6.45) is 1.92. The summed E-state index contributed by atoms with van der Waals surface area (Å²) in [5.74, 6) is -0.922. The molecular weight excluding hydrogens is 396 g/mol. The van der Waals surface area contributed by atoms with Crippen LogP contribution in [-0.4, -0.2) is 72.0 Å². The lowest BCUT2D eigenvalue weighted by Crippen LogP contribution is -2.50. The third-order valence-corrected chi connectivity index (χ3v) is 6.00. The van der Waals surface area contributed by atoms with Crippen molar-refractivity contribution in [1.82, 2.24) is 14.9 Å². The average molecular weight is 421 g/mol. The number of hydrogen-bond donors (Lipinski definition) is 0. The number of halogens is 1. The van der Waals surface area contributed by atoms with E-state index in [0.717, 1.165) is 30.3 Å². The molecule has 3 fully saturated rings. The van der Waals surface area contributed by atoms with Crippen molar-refractivity contribution in [2.75, 3.05) is 44.2 Å². The quantitative estimate of drug-likeness (QED) is 0.696. The number of hydrogen-bond acceptors (Lipinski definition) is 6. The molecular formula is C20H25ClN4O4. The van der Waals surface area contributed by atoms with Gasteiger partial charge in [0.25, 0.3) is 11.8 Å². The lowest BCUT2D eigenvalue weighted by atomic mass is 10.1. The van der Waals surface area contributed by atoms with Gasteiger partial charge in [0.2, 0.25) is 0 Å². The predicted molar refractivity (Wildman–Crippen MR) is 107 cm³/mol. The van der Waals surface area contributed by atoms with E-state index in [-0.39, 0.29) is 12.8 Å². The number of imide groups is 1. The van der Waals surface area contributed by atoms with Crippen LogP contribution in [0.2, 0.25) is 5.02 Å². The number of rotatable bonds is 4. The second-order valence-electron chi connectivity index (χ2n) is 7.64. The minimum absolute atomic E-state index is 0.0961. The lowest BCUT2D eigenvalue weighted by molar-refractivity contribution is -0.174. The van der Waals surface area contributed by atoms with Gasteiger partial charge in [0.05, 0.1) is 10.7 Å². The van der Waals surface area contributed by atoms with Gasteiger partial charge in [-0.1, -0.05) is 23.7 Å². The number of amides is 3. The summed E-state index contributed by atoms with van der Waals surface area (Å²) in [5, 5.41) is 1.38. The first-order valence-electron chi connectivity index (χ1n) is 10.1. The normalized spacial score (nSPS) is 20.7. The van der Waals surface area contributed by atoms with E-state index in [1.165, 1.54) is 23.3 Å². The SMILES string of the molecule is O=C(ON1C(=O)CCC1=O)N1CCN(Cc2cccc(Cl)c2N2CCCC2)CC1. The van der Waals surface area contributed by atoms with Crippen molar-refractivity contribution >= 4 is 35.2 Å². The summed E-state index contributed by atoms with van der Waals surface area (Å²) in [6, 6.07) is 6.04. The second-order valence-corrected chi connectivity index (χ2v) is 8.05. The summed E-state index contributed by atoms with van der Waals surface area (Å²) >= 11 is 6.51. The van der Waals surface area contributed by atoms with Gasteiger partial charge in [-0.15, -0.1) is 5.06 Å². The van der Waals surface area contributed by atoms with E-state index < -0.39 is 17.9 Å². The Balaban J connectivity index is 1.34. The first-order valence-corrected chi connectivity index (χ1v) is 10.5. The maximum Gasteiger partial charge on any atom is 0.434 e. The van der Waals surface area contributed by atoms with Gasteiger partial charge in [0, 0.05) is 58.7 Å². The summed E-state index contributed by atoms with van der Waals surface area (Å²) in [5.41, 5.74) is 2.32. The fraction of sp³-hybridized carbons (Fsp3) is 0.550. The van der Waals surface area contributed by atoms with Gasteiger partial charge in [-0.25, -0.2) is 4.79 Å². The maximum absolute atomic E-state index is 12.3. The molecule has 156 valence electrons. The number of hydroxylamine groups is 2. The standard InChI is InChI=1S/C20H25ClN4O4/c21-16-5-3-4-15(19(16)23-8-1-2-9-23)14-22-10-12-24(13-11-22)20(28)29-25-17(26)6-7-18(25)27/h3-5H,1-2,6-14H2. The van der Waals surface area contributed by atoms with Gasteiger partial charge in [-0.2, -0.15) is 0 Å². The molecule has 0 bridgehead atoms. The molecule has 0 unspecified atom stereocenters. The molecule has 29 heavy (non-hydrogen) atoms.